The van der Waals surface area contributed by atoms with Crippen LogP contribution in [0.2, 0.25) is 0 Å². The summed E-state index contributed by atoms with van der Waals surface area (Å²) in [7, 11) is 0. The number of hydrogen-bond acceptors (Lipinski definition) is 3. The van der Waals surface area contributed by atoms with Crippen LogP contribution >= 0.6 is 12.4 Å². The molecule has 0 aliphatic rings. The number of carbonyl (C=O) groups is 1. The van der Waals surface area contributed by atoms with Gasteiger partial charge in [0.1, 0.15) is 6.54 Å². The number of nitrogens with zero attached hydrogens (tertiary/aromatic N) is 2. The van der Waals surface area contributed by atoms with Gasteiger partial charge in [0.15, 0.2) is 0 Å². The van der Waals surface area contributed by atoms with Crippen LogP contribution in [-0.2, 0) is 11.3 Å². The summed E-state index contributed by atoms with van der Waals surface area (Å²) in [4.78, 5) is 10.2. The lowest BCUT2D eigenvalue weighted by Crippen LogP contribution is -2.08. The van der Waals surface area contributed by atoms with E-state index in [0.29, 0.717) is 11.4 Å². The van der Waals surface area contributed by atoms with Crippen LogP contribution in [0.5, 0.6) is 0 Å². The van der Waals surface area contributed by atoms with Crippen molar-refractivity contribution in [3.63, 3.8) is 0 Å². The molecule has 0 fully saturated rings. The van der Waals surface area contributed by atoms with E-state index < -0.39 is 5.97 Å². The molecule has 1 aromatic rings. The molecule has 0 aromatic carbocycles. The van der Waals surface area contributed by atoms with Crippen molar-refractivity contribution in [1.29, 1.82) is 0 Å². The zero-order chi connectivity index (χ0) is 8.43. The van der Waals surface area contributed by atoms with Gasteiger partial charge in [-0.1, -0.05) is 0 Å². The summed E-state index contributed by atoms with van der Waals surface area (Å²) in [6.45, 7) is 1.59. The molecular formula is C6H10ClN3O2. The monoisotopic (exact) mass is 191 g/mol. The molecule has 3 N–H and O–H groups in total. The van der Waals surface area contributed by atoms with Gasteiger partial charge in [0.25, 0.3) is 0 Å². The van der Waals surface area contributed by atoms with E-state index in [4.69, 9.17) is 10.8 Å². The summed E-state index contributed by atoms with van der Waals surface area (Å²) in [5.74, 6) is -0.924. The molecule has 0 saturated heterocycles. The maximum atomic E-state index is 10.2. The molecule has 0 saturated carbocycles. The summed E-state index contributed by atoms with van der Waals surface area (Å²) >= 11 is 0. The first-order chi connectivity index (χ1) is 5.09. The SMILES string of the molecule is Cc1nn(CC(=O)O)cc1N.Cl. The lowest BCUT2D eigenvalue weighted by Gasteiger charge is -1.92. The first-order valence-electron chi connectivity index (χ1n) is 3.11. The third-order valence-corrected chi connectivity index (χ3v) is 1.28. The van der Waals surface area contributed by atoms with Crippen LogP contribution in [0.25, 0.3) is 0 Å². The van der Waals surface area contributed by atoms with Crippen molar-refractivity contribution >= 4 is 24.1 Å². The predicted octanol–water partition coefficient (Wildman–Crippen LogP) is 0.280. The highest BCUT2D eigenvalue weighted by Gasteiger charge is 2.03. The Balaban J connectivity index is 0.00000121. The molecule has 1 rings (SSSR count). The van der Waals surface area contributed by atoms with Gasteiger partial charge >= 0.3 is 5.97 Å². The van der Waals surface area contributed by atoms with Gasteiger partial charge in [-0.25, -0.2) is 0 Å². The molecule has 0 spiro atoms. The number of halogens is 1. The average Bonchev–Trinajstić information content (AvgIpc) is 2.10. The summed E-state index contributed by atoms with van der Waals surface area (Å²) in [6, 6.07) is 0. The Kier molecular flexibility index (Phi) is 3.56. The second-order valence-corrected chi connectivity index (χ2v) is 2.26. The molecule has 0 amide bonds. The zero-order valence-electron chi connectivity index (χ0n) is 6.52. The van der Waals surface area contributed by atoms with E-state index in [9.17, 15) is 4.79 Å². The summed E-state index contributed by atoms with van der Waals surface area (Å²) in [6.07, 6.45) is 1.50. The number of aliphatic carboxylic acids is 1. The third-order valence-electron chi connectivity index (χ3n) is 1.28. The molecule has 1 aromatic heterocycles. The number of hydrogen-bond donors (Lipinski definition) is 2. The van der Waals surface area contributed by atoms with Crippen molar-refractivity contribution in [2.24, 2.45) is 0 Å². The summed E-state index contributed by atoms with van der Waals surface area (Å²) in [5.41, 5.74) is 6.62. The Labute approximate surface area is 75.6 Å². The number of carboxylic acid groups (broad SMARTS) is 1. The third kappa shape index (κ3) is 2.43. The average molecular weight is 192 g/mol. The van der Waals surface area contributed by atoms with Crippen molar-refractivity contribution in [3.05, 3.63) is 11.9 Å². The Morgan fingerprint density at radius 3 is 2.75 bits per heavy atom. The van der Waals surface area contributed by atoms with Crippen LogP contribution in [-0.4, -0.2) is 20.9 Å². The number of aryl methyl sites for hydroxylation is 1. The molecular weight excluding hydrogens is 182 g/mol. The Morgan fingerprint density at radius 1 is 1.83 bits per heavy atom. The molecule has 0 unspecified atom stereocenters. The van der Waals surface area contributed by atoms with E-state index in [1.165, 1.54) is 10.9 Å². The number of anilines is 1. The quantitative estimate of drug-likeness (QED) is 0.704. The second-order valence-electron chi connectivity index (χ2n) is 2.26. The van der Waals surface area contributed by atoms with Crippen LogP contribution in [0.15, 0.2) is 6.20 Å². The smallest absolute Gasteiger partial charge is 0.325 e. The van der Waals surface area contributed by atoms with Gasteiger partial charge in [-0.15, -0.1) is 12.4 Å². The minimum absolute atomic E-state index is 0. The molecule has 0 bridgehead atoms. The number of nitrogens with two attached hydrogens (primary N) is 1. The topological polar surface area (TPSA) is 81.1 Å². The number of aromatic nitrogens is 2. The Hall–Kier alpha value is -1.23. The van der Waals surface area contributed by atoms with Crippen molar-refractivity contribution in [3.8, 4) is 0 Å². The van der Waals surface area contributed by atoms with Gasteiger partial charge < -0.3 is 10.8 Å². The standard InChI is InChI=1S/C6H9N3O2.ClH/c1-4-5(7)2-9(8-4)3-6(10)11;/h2H,3,7H2,1H3,(H,10,11);1H. The van der Waals surface area contributed by atoms with Crippen LogP contribution in [0.3, 0.4) is 0 Å². The Morgan fingerprint density at radius 2 is 2.42 bits per heavy atom. The highest BCUT2D eigenvalue weighted by atomic mass is 35.5. The molecule has 0 atom stereocenters. The fourth-order valence-electron chi connectivity index (χ4n) is 0.753. The summed E-state index contributed by atoms with van der Waals surface area (Å²) < 4.78 is 1.30. The minimum Gasteiger partial charge on any atom is -0.480 e. The molecule has 0 aliphatic carbocycles. The van der Waals surface area contributed by atoms with Crippen molar-refractivity contribution in [2.75, 3.05) is 5.73 Å². The van der Waals surface area contributed by atoms with E-state index >= 15 is 0 Å². The fourth-order valence-corrected chi connectivity index (χ4v) is 0.753. The molecule has 1 heterocycles. The molecule has 12 heavy (non-hydrogen) atoms. The summed E-state index contributed by atoms with van der Waals surface area (Å²) in [5, 5.41) is 12.2. The lowest BCUT2D eigenvalue weighted by atomic mass is 10.4. The van der Waals surface area contributed by atoms with Gasteiger partial charge in [0.05, 0.1) is 11.4 Å². The zero-order valence-corrected chi connectivity index (χ0v) is 7.34. The van der Waals surface area contributed by atoms with Gasteiger partial charge in [-0.05, 0) is 6.92 Å². The molecule has 68 valence electrons. The Bertz CT molecular complexity index is 265. The first kappa shape index (κ1) is 10.8. The van der Waals surface area contributed by atoms with E-state index in [-0.39, 0.29) is 19.0 Å². The van der Waals surface area contributed by atoms with Crippen LogP contribution in [0, 0.1) is 6.92 Å². The maximum Gasteiger partial charge on any atom is 0.325 e. The van der Waals surface area contributed by atoms with E-state index in [1.54, 1.807) is 6.92 Å². The van der Waals surface area contributed by atoms with E-state index in [1.807, 2.05) is 0 Å². The largest absolute Gasteiger partial charge is 0.480 e. The van der Waals surface area contributed by atoms with Gasteiger partial charge in [-0.2, -0.15) is 5.10 Å². The number of nitrogen functional groups attached to an aromatic ring is 1. The van der Waals surface area contributed by atoms with E-state index in [2.05, 4.69) is 5.10 Å². The van der Waals surface area contributed by atoms with Crippen LogP contribution < -0.4 is 5.73 Å². The van der Waals surface area contributed by atoms with Crippen LogP contribution in [0.1, 0.15) is 5.69 Å². The molecule has 5 nitrogen and oxygen atoms in total. The maximum absolute atomic E-state index is 10.2. The molecule has 6 heteroatoms. The predicted molar refractivity (Wildman–Crippen MR) is 46.3 cm³/mol. The first-order valence-corrected chi connectivity index (χ1v) is 3.11. The normalized spacial score (nSPS) is 9.08. The van der Waals surface area contributed by atoms with Gasteiger partial charge in [0.2, 0.25) is 0 Å². The van der Waals surface area contributed by atoms with Crippen LogP contribution in [0.4, 0.5) is 5.69 Å². The molecule has 0 radical (unpaired) electrons. The van der Waals surface area contributed by atoms with E-state index in [0.717, 1.165) is 0 Å². The van der Waals surface area contributed by atoms with Gasteiger partial charge in [-0.3, -0.25) is 9.48 Å². The number of rotatable bonds is 2. The lowest BCUT2D eigenvalue weighted by molar-refractivity contribution is -0.137. The van der Waals surface area contributed by atoms with Crippen molar-refractivity contribution in [2.45, 2.75) is 13.5 Å². The number of carboxylic acids is 1. The minimum atomic E-state index is -0.924. The fraction of sp³-hybridized carbons (Fsp3) is 0.333. The van der Waals surface area contributed by atoms with Crippen molar-refractivity contribution < 1.29 is 9.90 Å². The van der Waals surface area contributed by atoms with Gasteiger partial charge in [0, 0.05) is 6.20 Å². The van der Waals surface area contributed by atoms with Crippen molar-refractivity contribution in [1.82, 2.24) is 9.78 Å². The highest BCUT2D eigenvalue weighted by molar-refractivity contribution is 5.85. The second kappa shape index (κ2) is 3.96. The highest BCUT2D eigenvalue weighted by Crippen LogP contribution is 2.05. The molecule has 0 aliphatic heterocycles.